The summed E-state index contributed by atoms with van der Waals surface area (Å²) in [5, 5.41) is 0. The van der Waals surface area contributed by atoms with Crippen molar-refractivity contribution in [3.8, 4) is 11.7 Å². The second kappa shape index (κ2) is 4.23. The van der Waals surface area contributed by atoms with Crippen molar-refractivity contribution in [1.29, 1.82) is 0 Å². The molecule has 0 amide bonds. The van der Waals surface area contributed by atoms with Crippen LogP contribution < -0.4 is 0 Å². The monoisotopic (exact) mass is 319 g/mol. The molecule has 98 valence electrons. The maximum atomic E-state index is 5.71. The normalized spacial score (nSPS) is 12.2. The number of furan rings is 1. The first kappa shape index (κ1) is 12.5. The van der Waals surface area contributed by atoms with Gasteiger partial charge in [-0.3, -0.25) is 0 Å². The zero-order chi connectivity index (χ0) is 13.6. The molecule has 0 N–H and O–H groups in total. The quantitative estimate of drug-likeness (QED) is 0.622. The van der Waals surface area contributed by atoms with Gasteiger partial charge in [0.2, 0.25) is 0 Å². The number of rotatable bonds is 1. The molecule has 3 aromatic rings. The average molecular weight is 320 g/mol. The predicted molar refractivity (Wildman–Crippen MR) is 78.1 cm³/mol. The van der Waals surface area contributed by atoms with Gasteiger partial charge in [-0.05, 0) is 51.2 Å². The van der Waals surface area contributed by atoms with E-state index in [1.165, 1.54) is 5.56 Å². The number of benzene rings is 1. The molecular weight excluding hydrogens is 306 g/mol. The lowest BCUT2D eigenvalue weighted by Crippen LogP contribution is -2.10. The summed E-state index contributed by atoms with van der Waals surface area (Å²) in [6.07, 6.45) is 0. The molecule has 3 rings (SSSR count). The largest absolute Gasteiger partial charge is 0.444 e. The van der Waals surface area contributed by atoms with Crippen LogP contribution in [0.5, 0.6) is 0 Å². The van der Waals surface area contributed by atoms with E-state index in [1.54, 1.807) is 0 Å². The van der Waals surface area contributed by atoms with Crippen molar-refractivity contribution in [2.75, 3.05) is 0 Å². The number of aromatic nitrogens is 1. The fraction of sp³-hybridized carbons (Fsp3) is 0.267. The van der Waals surface area contributed by atoms with Crippen LogP contribution in [-0.4, -0.2) is 4.98 Å². The highest BCUT2D eigenvalue weighted by Crippen LogP contribution is 2.30. The average Bonchev–Trinajstić information content (AvgIpc) is 2.92. The number of hydrogen-bond acceptors (Lipinski definition) is 3. The topological polar surface area (TPSA) is 39.2 Å². The highest BCUT2D eigenvalue weighted by molar-refractivity contribution is 9.10. The highest BCUT2D eigenvalue weighted by Gasteiger charge is 2.17. The Morgan fingerprint density at radius 1 is 1.05 bits per heavy atom. The van der Waals surface area contributed by atoms with E-state index in [0.717, 1.165) is 11.1 Å². The zero-order valence-electron chi connectivity index (χ0n) is 11.0. The van der Waals surface area contributed by atoms with Crippen molar-refractivity contribution in [2.45, 2.75) is 26.2 Å². The van der Waals surface area contributed by atoms with Crippen LogP contribution in [0.15, 0.2) is 43.8 Å². The molecule has 0 bridgehead atoms. The van der Waals surface area contributed by atoms with E-state index in [4.69, 9.17) is 8.83 Å². The summed E-state index contributed by atoms with van der Waals surface area (Å²) < 4.78 is 11.8. The van der Waals surface area contributed by atoms with Crippen LogP contribution in [0.25, 0.3) is 22.8 Å². The summed E-state index contributed by atoms with van der Waals surface area (Å²) in [7, 11) is 0. The molecule has 2 heterocycles. The fourth-order valence-electron chi connectivity index (χ4n) is 1.93. The van der Waals surface area contributed by atoms with Gasteiger partial charge in [-0.15, -0.1) is 0 Å². The summed E-state index contributed by atoms with van der Waals surface area (Å²) in [5.74, 6) is 1.13. The molecular formula is C15H14BrNO2. The van der Waals surface area contributed by atoms with Crippen molar-refractivity contribution >= 4 is 27.0 Å². The van der Waals surface area contributed by atoms with E-state index in [9.17, 15) is 0 Å². The van der Waals surface area contributed by atoms with Crippen molar-refractivity contribution in [3.63, 3.8) is 0 Å². The summed E-state index contributed by atoms with van der Waals surface area (Å²) in [6.45, 7) is 6.54. The van der Waals surface area contributed by atoms with Crippen LogP contribution in [0, 0.1) is 0 Å². The Morgan fingerprint density at radius 2 is 1.84 bits per heavy atom. The van der Waals surface area contributed by atoms with Crippen LogP contribution in [0.1, 0.15) is 26.3 Å². The van der Waals surface area contributed by atoms with E-state index in [2.05, 4.69) is 53.8 Å². The predicted octanol–water partition coefficient (Wildman–Crippen LogP) is 5.15. The minimum absolute atomic E-state index is 0.0982. The maximum absolute atomic E-state index is 5.71. The molecule has 1 aromatic carbocycles. The molecule has 3 nitrogen and oxygen atoms in total. The Hall–Kier alpha value is -1.55. The molecule has 0 unspecified atom stereocenters. The Bertz CT molecular complexity index is 734. The summed E-state index contributed by atoms with van der Waals surface area (Å²) >= 11 is 3.27. The van der Waals surface area contributed by atoms with Crippen molar-refractivity contribution in [2.24, 2.45) is 0 Å². The van der Waals surface area contributed by atoms with Gasteiger partial charge in [-0.1, -0.05) is 26.8 Å². The lowest BCUT2D eigenvalue weighted by Gasteiger charge is -2.18. The minimum Gasteiger partial charge on any atom is -0.444 e. The number of halogens is 1. The molecule has 0 spiro atoms. The second-order valence-electron chi connectivity index (χ2n) is 5.56. The second-order valence-corrected chi connectivity index (χ2v) is 6.34. The lowest BCUT2D eigenvalue weighted by atomic mass is 9.87. The first-order chi connectivity index (χ1) is 8.93. The van der Waals surface area contributed by atoms with Crippen LogP contribution in [-0.2, 0) is 5.41 Å². The number of fused-ring (bicyclic) bond motifs is 1. The zero-order valence-corrected chi connectivity index (χ0v) is 12.6. The molecule has 0 atom stereocenters. The van der Waals surface area contributed by atoms with E-state index >= 15 is 0 Å². The van der Waals surface area contributed by atoms with Crippen molar-refractivity contribution in [3.05, 3.63) is 40.6 Å². The van der Waals surface area contributed by atoms with Gasteiger partial charge >= 0.3 is 0 Å². The van der Waals surface area contributed by atoms with E-state index < -0.39 is 0 Å². The molecule has 0 aliphatic rings. The molecule has 19 heavy (non-hydrogen) atoms. The Labute approximate surface area is 119 Å². The number of oxazole rings is 1. The first-order valence-electron chi connectivity index (χ1n) is 6.10. The Kier molecular flexibility index (Phi) is 2.78. The van der Waals surface area contributed by atoms with Gasteiger partial charge < -0.3 is 8.83 Å². The number of hydrogen-bond donors (Lipinski definition) is 0. The van der Waals surface area contributed by atoms with E-state index in [0.29, 0.717) is 16.3 Å². The first-order valence-corrected chi connectivity index (χ1v) is 6.89. The van der Waals surface area contributed by atoms with Crippen molar-refractivity contribution < 1.29 is 8.83 Å². The molecule has 4 heteroatoms. The van der Waals surface area contributed by atoms with Gasteiger partial charge in [-0.25, -0.2) is 4.98 Å². The molecule has 2 aromatic heterocycles. The van der Waals surface area contributed by atoms with Gasteiger partial charge in [0.05, 0.1) is 0 Å². The molecule has 0 saturated heterocycles. The third-order valence-corrected chi connectivity index (χ3v) is 3.46. The molecule has 0 radical (unpaired) electrons. The van der Waals surface area contributed by atoms with E-state index in [-0.39, 0.29) is 5.41 Å². The van der Waals surface area contributed by atoms with Gasteiger partial charge in [-0.2, -0.15) is 0 Å². The van der Waals surface area contributed by atoms with E-state index in [1.807, 2.05) is 18.2 Å². The summed E-state index contributed by atoms with van der Waals surface area (Å²) in [4.78, 5) is 4.49. The van der Waals surface area contributed by atoms with Crippen LogP contribution in [0.3, 0.4) is 0 Å². The minimum atomic E-state index is 0.0982. The van der Waals surface area contributed by atoms with Gasteiger partial charge in [0.15, 0.2) is 16.0 Å². The summed E-state index contributed by atoms with van der Waals surface area (Å²) in [5.41, 5.74) is 2.96. The standard InChI is InChI=1S/C15H14BrNO2/c1-15(2,3)9-4-5-11-10(8-9)17-14(19-11)12-6-7-13(16)18-12/h4-8H,1-3H3. The highest BCUT2D eigenvalue weighted by atomic mass is 79.9. The molecule has 0 saturated carbocycles. The smallest absolute Gasteiger partial charge is 0.263 e. The number of nitrogens with zero attached hydrogens (tertiary/aromatic N) is 1. The Balaban J connectivity index is 2.11. The van der Waals surface area contributed by atoms with Gasteiger partial charge in [0, 0.05) is 0 Å². The van der Waals surface area contributed by atoms with Crippen LogP contribution >= 0.6 is 15.9 Å². The molecule has 0 aliphatic carbocycles. The van der Waals surface area contributed by atoms with Gasteiger partial charge in [0.1, 0.15) is 5.52 Å². The van der Waals surface area contributed by atoms with Gasteiger partial charge in [0.25, 0.3) is 5.89 Å². The maximum Gasteiger partial charge on any atom is 0.263 e. The lowest BCUT2D eigenvalue weighted by molar-refractivity contribution is 0.518. The van der Waals surface area contributed by atoms with Crippen molar-refractivity contribution in [1.82, 2.24) is 4.98 Å². The third kappa shape index (κ3) is 2.32. The molecule has 0 fully saturated rings. The van der Waals surface area contributed by atoms with Crippen LogP contribution in [0.4, 0.5) is 0 Å². The van der Waals surface area contributed by atoms with Crippen LogP contribution in [0.2, 0.25) is 0 Å². The SMILES string of the molecule is CC(C)(C)c1ccc2oc(-c3ccc(Br)o3)nc2c1. The summed E-state index contributed by atoms with van der Waals surface area (Å²) in [6, 6.07) is 9.77. The Morgan fingerprint density at radius 3 is 2.47 bits per heavy atom. The third-order valence-electron chi connectivity index (χ3n) is 3.04. The molecule has 0 aliphatic heterocycles. The fourth-order valence-corrected chi connectivity index (χ4v) is 2.24.